The number of fused-ring (bicyclic) bond motifs is 1. The van der Waals surface area contributed by atoms with Crippen molar-refractivity contribution >= 4 is 42.6 Å². The van der Waals surface area contributed by atoms with Crippen LogP contribution in [0.25, 0.3) is 10.2 Å². The van der Waals surface area contributed by atoms with E-state index < -0.39 is 15.9 Å². The van der Waals surface area contributed by atoms with Crippen molar-refractivity contribution < 1.29 is 17.9 Å². The van der Waals surface area contributed by atoms with Gasteiger partial charge in [-0.2, -0.15) is 0 Å². The number of aromatic nitrogens is 2. The molecule has 1 fully saturated rings. The minimum absolute atomic E-state index is 0.122. The van der Waals surface area contributed by atoms with Gasteiger partial charge in [-0.05, 0) is 42.7 Å². The minimum Gasteiger partial charge on any atom is -0.497 e. The van der Waals surface area contributed by atoms with Crippen molar-refractivity contribution in [3.63, 3.8) is 0 Å². The van der Waals surface area contributed by atoms with Crippen molar-refractivity contribution in [2.24, 2.45) is 5.92 Å². The number of anilines is 1. The number of pyridine rings is 1. The van der Waals surface area contributed by atoms with E-state index in [0.29, 0.717) is 31.1 Å². The van der Waals surface area contributed by atoms with Gasteiger partial charge in [0.15, 0.2) is 5.13 Å². The molecule has 3 aromatic rings. The third kappa shape index (κ3) is 4.86. The van der Waals surface area contributed by atoms with Crippen LogP contribution in [-0.2, 0) is 21.4 Å². The second-order valence-electron chi connectivity index (χ2n) is 7.58. The summed E-state index contributed by atoms with van der Waals surface area (Å²) in [5.41, 5.74) is 1.66. The topological polar surface area (TPSA) is 92.7 Å². The lowest BCUT2D eigenvalue weighted by atomic mass is 9.98. The number of benzene rings is 1. The average molecular weight is 461 g/mol. The highest BCUT2D eigenvalue weighted by Crippen LogP contribution is 2.34. The van der Waals surface area contributed by atoms with Gasteiger partial charge in [-0.3, -0.25) is 14.7 Å². The second kappa shape index (κ2) is 8.89. The summed E-state index contributed by atoms with van der Waals surface area (Å²) in [6.45, 7) is 0.963. The smallest absolute Gasteiger partial charge is 0.233 e. The Morgan fingerprint density at radius 1 is 1.35 bits per heavy atom. The number of ether oxygens (including phenoxy) is 1. The Kier molecular flexibility index (Phi) is 6.22. The molecule has 0 bridgehead atoms. The van der Waals surface area contributed by atoms with Crippen LogP contribution in [-0.4, -0.2) is 55.1 Å². The van der Waals surface area contributed by atoms with Crippen LogP contribution < -0.4 is 9.64 Å². The van der Waals surface area contributed by atoms with Crippen LogP contribution >= 0.6 is 11.3 Å². The lowest BCUT2D eigenvalue weighted by molar-refractivity contribution is -0.123. The molecule has 164 valence electrons. The maximum atomic E-state index is 13.6. The Hall–Kier alpha value is -2.56. The first kappa shape index (κ1) is 21.7. The van der Waals surface area contributed by atoms with E-state index in [2.05, 4.69) is 9.97 Å². The first-order valence-electron chi connectivity index (χ1n) is 9.95. The number of piperidine rings is 1. The van der Waals surface area contributed by atoms with E-state index in [9.17, 15) is 13.2 Å². The largest absolute Gasteiger partial charge is 0.497 e. The fourth-order valence-electron chi connectivity index (χ4n) is 3.71. The molecule has 0 aliphatic carbocycles. The summed E-state index contributed by atoms with van der Waals surface area (Å²) < 4.78 is 31.7. The van der Waals surface area contributed by atoms with E-state index in [0.717, 1.165) is 21.5 Å². The molecule has 0 N–H and O–H groups in total. The van der Waals surface area contributed by atoms with Crippen LogP contribution in [0.4, 0.5) is 5.13 Å². The number of nitrogens with zero attached hydrogens (tertiary/aromatic N) is 4. The summed E-state index contributed by atoms with van der Waals surface area (Å²) in [6, 6.07) is 9.34. The molecule has 1 aromatic carbocycles. The van der Waals surface area contributed by atoms with Crippen LogP contribution in [0.15, 0.2) is 42.7 Å². The van der Waals surface area contributed by atoms with E-state index >= 15 is 0 Å². The molecule has 1 unspecified atom stereocenters. The highest BCUT2D eigenvalue weighted by Gasteiger charge is 2.34. The maximum Gasteiger partial charge on any atom is 0.233 e. The third-order valence-electron chi connectivity index (χ3n) is 5.35. The Morgan fingerprint density at radius 2 is 2.19 bits per heavy atom. The van der Waals surface area contributed by atoms with E-state index in [1.54, 1.807) is 24.4 Å². The third-order valence-corrected chi connectivity index (χ3v) is 7.66. The Labute approximate surface area is 185 Å². The van der Waals surface area contributed by atoms with Crippen molar-refractivity contribution in [1.29, 1.82) is 0 Å². The molecule has 1 saturated heterocycles. The van der Waals surface area contributed by atoms with Gasteiger partial charge in [0.2, 0.25) is 15.9 Å². The normalized spacial score (nSPS) is 17.5. The van der Waals surface area contributed by atoms with Crippen LogP contribution in [0.1, 0.15) is 18.4 Å². The maximum absolute atomic E-state index is 13.6. The van der Waals surface area contributed by atoms with Crippen molar-refractivity contribution in [1.82, 2.24) is 14.3 Å². The molecule has 0 radical (unpaired) electrons. The molecule has 8 nitrogen and oxygen atoms in total. The molecule has 3 heterocycles. The monoisotopic (exact) mass is 460 g/mol. The first-order chi connectivity index (χ1) is 14.8. The van der Waals surface area contributed by atoms with Gasteiger partial charge < -0.3 is 4.74 Å². The first-order valence-corrected chi connectivity index (χ1v) is 12.6. The van der Waals surface area contributed by atoms with Gasteiger partial charge >= 0.3 is 0 Å². The van der Waals surface area contributed by atoms with Crippen LogP contribution in [0.3, 0.4) is 0 Å². The predicted molar refractivity (Wildman–Crippen MR) is 121 cm³/mol. The van der Waals surface area contributed by atoms with E-state index in [1.807, 2.05) is 30.3 Å². The predicted octanol–water partition coefficient (Wildman–Crippen LogP) is 2.90. The van der Waals surface area contributed by atoms with Crippen molar-refractivity contribution in [2.75, 3.05) is 31.4 Å². The molecule has 1 atom stereocenters. The minimum atomic E-state index is -3.34. The fourth-order valence-corrected chi connectivity index (χ4v) is 5.63. The molecule has 0 spiro atoms. The van der Waals surface area contributed by atoms with E-state index in [4.69, 9.17) is 4.74 Å². The average Bonchev–Trinajstić information content (AvgIpc) is 3.20. The molecule has 0 saturated carbocycles. The van der Waals surface area contributed by atoms with Gasteiger partial charge in [-0.1, -0.05) is 17.4 Å². The molecule has 4 rings (SSSR count). The zero-order chi connectivity index (χ0) is 22.0. The number of rotatable bonds is 6. The molecule has 1 amide bonds. The molecular weight excluding hydrogens is 436 g/mol. The van der Waals surface area contributed by atoms with Gasteiger partial charge in [0, 0.05) is 25.5 Å². The second-order valence-corrected chi connectivity index (χ2v) is 10.6. The number of hydrogen-bond acceptors (Lipinski definition) is 7. The molecular formula is C21H24N4O4S2. The van der Waals surface area contributed by atoms with Crippen molar-refractivity contribution in [3.05, 3.63) is 48.3 Å². The molecule has 31 heavy (non-hydrogen) atoms. The van der Waals surface area contributed by atoms with Crippen LogP contribution in [0.2, 0.25) is 0 Å². The summed E-state index contributed by atoms with van der Waals surface area (Å²) >= 11 is 1.41. The van der Waals surface area contributed by atoms with Gasteiger partial charge in [0.05, 0.1) is 36.0 Å². The summed E-state index contributed by atoms with van der Waals surface area (Å²) in [5.74, 6) is 0.189. The number of hydrogen-bond donors (Lipinski definition) is 0. The van der Waals surface area contributed by atoms with Gasteiger partial charge in [-0.25, -0.2) is 17.7 Å². The summed E-state index contributed by atoms with van der Waals surface area (Å²) in [4.78, 5) is 24.1. The quantitative estimate of drug-likeness (QED) is 0.562. The van der Waals surface area contributed by atoms with Gasteiger partial charge in [-0.15, -0.1) is 0 Å². The summed E-state index contributed by atoms with van der Waals surface area (Å²) in [6.07, 6.45) is 5.90. The van der Waals surface area contributed by atoms with Crippen LogP contribution in [0.5, 0.6) is 5.75 Å². The summed E-state index contributed by atoms with van der Waals surface area (Å²) in [5, 5.41) is 0.577. The lowest BCUT2D eigenvalue weighted by Gasteiger charge is -2.33. The molecule has 1 aliphatic rings. The Balaban J connectivity index is 1.68. The highest BCUT2D eigenvalue weighted by molar-refractivity contribution is 7.88. The fraction of sp³-hybridized carbons (Fsp3) is 0.381. The van der Waals surface area contributed by atoms with Gasteiger partial charge in [0.1, 0.15) is 5.75 Å². The Bertz CT molecular complexity index is 1180. The number of carbonyl (C=O) groups is 1. The standard InChI is InChI=1S/C21H24N4O4S2/c1-29-17-7-8-18-19(11-17)30-21(23-18)25(13-15-5-3-9-22-12-15)20(26)16-6-4-10-24(14-16)31(2,27)28/h3,5,7-9,11-12,16H,4,6,10,13-14H2,1-2H3. The number of amides is 1. The molecule has 2 aromatic heterocycles. The van der Waals surface area contributed by atoms with Crippen molar-refractivity contribution in [2.45, 2.75) is 19.4 Å². The van der Waals surface area contributed by atoms with Crippen molar-refractivity contribution in [3.8, 4) is 5.75 Å². The number of sulfonamides is 1. The van der Waals surface area contributed by atoms with Crippen LogP contribution in [0, 0.1) is 5.92 Å². The molecule has 10 heteroatoms. The zero-order valence-electron chi connectivity index (χ0n) is 17.4. The van der Waals surface area contributed by atoms with Gasteiger partial charge in [0.25, 0.3) is 0 Å². The SMILES string of the molecule is COc1ccc2nc(N(Cc3cccnc3)C(=O)C3CCCN(S(C)(=O)=O)C3)sc2c1. The number of methoxy groups -OCH3 is 1. The Morgan fingerprint density at radius 3 is 2.90 bits per heavy atom. The van der Waals surface area contributed by atoms with E-state index in [1.165, 1.54) is 21.9 Å². The lowest BCUT2D eigenvalue weighted by Crippen LogP contribution is -2.46. The zero-order valence-corrected chi connectivity index (χ0v) is 19.0. The number of thiazole rings is 1. The van der Waals surface area contributed by atoms with E-state index in [-0.39, 0.29) is 12.5 Å². The summed E-state index contributed by atoms with van der Waals surface area (Å²) in [7, 11) is -1.73. The number of carbonyl (C=O) groups excluding carboxylic acids is 1. The molecule has 1 aliphatic heterocycles. The highest BCUT2D eigenvalue weighted by atomic mass is 32.2.